The molecule has 2 amide bonds. The van der Waals surface area contributed by atoms with Gasteiger partial charge in [-0.25, -0.2) is 5.48 Å². The van der Waals surface area contributed by atoms with Gasteiger partial charge in [0.1, 0.15) is 12.5 Å². The van der Waals surface area contributed by atoms with Gasteiger partial charge in [-0.2, -0.15) is 0 Å². The summed E-state index contributed by atoms with van der Waals surface area (Å²) < 4.78 is 5.31. The number of primary amides is 1. The normalized spacial score (nSPS) is 13.4. The molecule has 7 heteroatoms. The van der Waals surface area contributed by atoms with E-state index in [1.807, 2.05) is 48.5 Å². The van der Waals surface area contributed by atoms with E-state index >= 15 is 0 Å². The molecule has 4 N–H and O–H groups in total. The third-order valence-corrected chi connectivity index (χ3v) is 4.47. The van der Waals surface area contributed by atoms with Gasteiger partial charge in [-0.15, -0.1) is 0 Å². The minimum Gasteiger partial charge on any atom is -0.464 e. The topological polar surface area (TPSA) is 119 Å². The van der Waals surface area contributed by atoms with E-state index in [2.05, 4.69) is 0 Å². The zero-order valence-corrected chi connectivity index (χ0v) is 13.8. The molecule has 3 rings (SSSR count). The third kappa shape index (κ3) is 3.29. The minimum atomic E-state index is -1.48. The maximum Gasteiger partial charge on any atom is 0.319 e. The van der Waals surface area contributed by atoms with Gasteiger partial charge in [0.15, 0.2) is 0 Å². The molecule has 1 aliphatic carbocycles. The summed E-state index contributed by atoms with van der Waals surface area (Å²) in [4.78, 5) is 34.9. The molecule has 26 heavy (non-hydrogen) atoms. The number of benzene rings is 2. The van der Waals surface area contributed by atoms with E-state index in [0.717, 1.165) is 22.3 Å². The molecule has 2 aromatic rings. The Hall–Kier alpha value is -3.19. The van der Waals surface area contributed by atoms with Crippen LogP contribution in [0.5, 0.6) is 0 Å². The number of hydroxylamine groups is 1. The molecular weight excluding hydrogens is 336 g/mol. The molecule has 0 saturated heterocycles. The number of ether oxygens (including phenoxy) is 1. The van der Waals surface area contributed by atoms with Crippen LogP contribution in [0.1, 0.15) is 23.5 Å². The lowest BCUT2D eigenvalue weighted by atomic mass is 9.98. The fourth-order valence-electron chi connectivity index (χ4n) is 3.27. The molecule has 1 atom stereocenters. The van der Waals surface area contributed by atoms with Crippen LogP contribution in [0.3, 0.4) is 0 Å². The second-order valence-electron chi connectivity index (χ2n) is 6.06. The Morgan fingerprint density at radius 2 is 1.58 bits per heavy atom. The van der Waals surface area contributed by atoms with Crippen molar-refractivity contribution in [1.29, 1.82) is 0 Å². The number of hydrogen-bond donors (Lipinski definition) is 3. The zero-order chi connectivity index (χ0) is 18.7. The van der Waals surface area contributed by atoms with Gasteiger partial charge in [-0.1, -0.05) is 48.5 Å². The molecule has 0 spiro atoms. The standard InChI is InChI=1S/C19H18N2O5/c20-17(22)9-15(18(23)21-25)19(24)26-10-16-13-7-3-1-5-11(13)12-6-2-4-8-14(12)16/h1-8,15-16,25H,9-10H2,(H2,20,22)(H,21,23). The van der Waals surface area contributed by atoms with E-state index in [4.69, 9.17) is 15.7 Å². The summed E-state index contributed by atoms with van der Waals surface area (Å²) in [5.74, 6) is -4.42. The third-order valence-electron chi connectivity index (χ3n) is 4.47. The van der Waals surface area contributed by atoms with Gasteiger partial charge in [0, 0.05) is 12.3 Å². The van der Waals surface area contributed by atoms with Crippen LogP contribution in [0.25, 0.3) is 11.1 Å². The lowest BCUT2D eigenvalue weighted by Crippen LogP contribution is -2.37. The van der Waals surface area contributed by atoms with Crippen molar-refractivity contribution in [3.63, 3.8) is 0 Å². The molecule has 7 nitrogen and oxygen atoms in total. The van der Waals surface area contributed by atoms with Crippen LogP contribution in [0.2, 0.25) is 0 Å². The quantitative estimate of drug-likeness (QED) is 0.313. The van der Waals surface area contributed by atoms with E-state index in [-0.39, 0.29) is 12.5 Å². The number of amides is 2. The van der Waals surface area contributed by atoms with Gasteiger partial charge >= 0.3 is 5.97 Å². The van der Waals surface area contributed by atoms with Crippen LogP contribution in [-0.2, 0) is 19.1 Å². The van der Waals surface area contributed by atoms with E-state index in [0.29, 0.717) is 0 Å². The molecule has 0 aromatic heterocycles. The Balaban J connectivity index is 1.80. The molecular formula is C19H18N2O5. The average Bonchev–Trinajstić information content (AvgIpc) is 2.97. The number of hydrogen-bond acceptors (Lipinski definition) is 5. The summed E-state index contributed by atoms with van der Waals surface area (Å²) in [6.45, 7) is 0.0147. The van der Waals surface area contributed by atoms with Gasteiger partial charge < -0.3 is 10.5 Å². The molecule has 0 heterocycles. The summed E-state index contributed by atoms with van der Waals surface area (Å²) in [6, 6.07) is 15.7. The highest BCUT2D eigenvalue weighted by Crippen LogP contribution is 2.44. The van der Waals surface area contributed by atoms with Gasteiger partial charge in [-0.05, 0) is 22.3 Å². The van der Waals surface area contributed by atoms with Crippen LogP contribution in [0, 0.1) is 5.92 Å². The number of esters is 1. The molecule has 0 bridgehead atoms. The van der Waals surface area contributed by atoms with Crippen molar-refractivity contribution >= 4 is 17.8 Å². The van der Waals surface area contributed by atoms with Crippen molar-refractivity contribution in [2.24, 2.45) is 11.7 Å². The predicted molar refractivity (Wildman–Crippen MR) is 91.9 cm³/mol. The van der Waals surface area contributed by atoms with Crippen molar-refractivity contribution < 1.29 is 24.3 Å². The summed E-state index contributed by atoms with van der Waals surface area (Å²) in [7, 11) is 0. The van der Waals surface area contributed by atoms with E-state index in [1.165, 1.54) is 5.48 Å². The maximum absolute atomic E-state index is 12.3. The zero-order valence-electron chi connectivity index (χ0n) is 13.8. The second kappa shape index (κ2) is 7.37. The van der Waals surface area contributed by atoms with Crippen LogP contribution in [0.15, 0.2) is 48.5 Å². The first-order chi connectivity index (χ1) is 12.5. The Kier molecular flexibility index (Phi) is 4.99. The Morgan fingerprint density at radius 1 is 1.04 bits per heavy atom. The number of nitrogens with two attached hydrogens (primary N) is 1. The maximum atomic E-state index is 12.3. The molecule has 134 valence electrons. The average molecular weight is 354 g/mol. The number of carbonyl (C=O) groups excluding carboxylic acids is 3. The van der Waals surface area contributed by atoms with Gasteiger partial charge in [0.2, 0.25) is 5.91 Å². The van der Waals surface area contributed by atoms with Crippen LogP contribution < -0.4 is 11.2 Å². The smallest absolute Gasteiger partial charge is 0.319 e. The first-order valence-corrected chi connectivity index (χ1v) is 8.10. The summed E-state index contributed by atoms with van der Waals surface area (Å²) >= 11 is 0. The molecule has 1 unspecified atom stereocenters. The SMILES string of the molecule is NC(=O)CC(C(=O)NO)C(=O)OCC1c2ccccc2-c2ccccc21. The largest absolute Gasteiger partial charge is 0.464 e. The second-order valence-corrected chi connectivity index (χ2v) is 6.06. The molecule has 0 fully saturated rings. The number of rotatable bonds is 6. The number of nitrogens with one attached hydrogen (secondary N) is 1. The lowest BCUT2D eigenvalue weighted by Gasteiger charge is -2.17. The monoisotopic (exact) mass is 354 g/mol. The minimum absolute atomic E-state index is 0.0147. The van der Waals surface area contributed by atoms with Crippen molar-refractivity contribution in [1.82, 2.24) is 5.48 Å². The van der Waals surface area contributed by atoms with Crippen LogP contribution in [0.4, 0.5) is 0 Å². The first kappa shape index (κ1) is 17.6. The highest BCUT2D eigenvalue weighted by atomic mass is 16.5. The fourth-order valence-corrected chi connectivity index (χ4v) is 3.27. The van der Waals surface area contributed by atoms with Crippen LogP contribution >= 0.6 is 0 Å². The number of fused-ring (bicyclic) bond motifs is 3. The molecule has 1 aliphatic rings. The van der Waals surface area contributed by atoms with Crippen molar-refractivity contribution in [3.8, 4) is 11.1 Å². The Bertz CT molecular complexity index is 819. The van der Waals surface area contributed by atoms with Gasteiger partial charge in [0.25, 0.3) is 5.91 Å². The molecule has 0 saturated carbocycles. The number of carbonyl (C=O) groups is 3. The van der Waals surface area contributed by atoms with E-state index < -0.39 is 30.1 Å². The predicted octanol–water partition coefficient (Wildman–Crippen LogP) is 1.34. The molecule has 0 radical (unpaired) electrons. The highest BCUT2D eigenvalue weighted by molar-refractivity contribution is 6.00. The summed E-state index contributed by atoms with van der Waals surface area (Å²) in [5.41, 5.74) is 10.6. The lowest BCUT2D eigenvalue weighted by molar-refractivity contribution is -0.157. The van der Waals surface area contributed by atoms with Crippen molar-refractivity contribution in [2.45, 2.75) is 12.3 Å². The summed E-state index contributed by atoms with van der Waals surface area (Å²) in [6.07, 6.45) is -0.539. The van der Waals surface area contributed by atoms with Crippen molar-refractivity contribution in [3.05, 3.63) is 59.7 Å². The summed E-state index contributed by atoms with van der Waals surface area (Å²) in [5, 5.41) is 8.75. The van der Waals surface area contributed by atoms with Gasteiger partial charge in [0.05, 0.1) is 0 Å². The first-order valence-electron chi connectivity index (χ1n) is 8.10. The van der Waals surface area contributed by atoms with E-state index in [9.17, 15) is 14.4 Å². The van der Waals surface area contributed by atoms with Gasteiger partial charge in [-0.3, -0.25) is 19.6 Å². The Labute approximate surface area is 149 Å². The van der Waals surface area contributed by atoms with Crippen LogP contribution in [-0.4, -0.2) is 29.6 Å². The van der Waals surface area contributed by atoms with Crippen molar-refractivity contribution in [2.75, 3.05) is 6.61 Å². The highest BCUT2D eigenvalue weighted by Gasteiger charge is 2.33. The fraction of sp³-hybridized carbons (Fsp3) is 0.211. The Morgan fingerprint density at radius 3 is 2.08 bits per heavy atom. The molecule has 0 aliphatic heterocycles. The molecule has 2 aromatic carbocycles. The van der Waals surface area contributed by atoms with E-state index in [1.54, 1.807) is 0 Å².